The summed E-state index contributed by atoms with van der Waals surface area (Å²) in [5, 5.41) is 0. The van der Waals surface area contributed by atoms with Gasteiger partial charge in [0.15, 0.2) is 11.5 Å². The highest BCUT2D eigenvalue weighted by atomic mass is 16.5. The molecular formula is C22H35NO4. The van der Waals surface area contributed by atoms with Gasteiger partial charge in [-0.1, -0.05) is 20.8 Å². The van der Waals surface area contributed by atoms with Crippen molar-refractivity contribution in [2.75, 3.05) is 26.4 Å². The van der Waals surface area contributed by atoms with Gasteiger partial charge in [-0.25, -0.2) is 0 Å². The van der Waals surface area contributed by atoms with Crippen LogP contribution < -0.4 is 14.2 Å². The smallest absolute Gasteiger partial charge is 0.254 e. The van der Waals surface area contributed by atoms with Crippen molar-refractivity contribution < 1.29 is 19.0 Å². The number of ether oxygens (including phenoxy) is 3. The van der Waals surface area contributed by atoms with Crippen molar-refractivity contribution in [3.8, 4) is 17.2 Å². The van der Waals surface area contributed by atoms with Gasteiger partial charge < -0.3 is 19.1 Å². The average molecular weight is 378 g/mol. The summed E-state index contributed by atoms with van der Waals surface area (Å²) in [7, 11) is 0. The number of rotatable bonds is 8. The Kier molecular flexibility index (Phi) is 7.40. The third-order valence-electron chi connectivity index (χ3n) is 4.64. The molecule has 0 aromatic heterocycles. The predicted octanol–water partition coefficient (Wildman–Crippen LogP) is 4.92. The monoisotopic (exact) mass is 377 g/mol. The summed E-state index contributed by atoms with van der Waals surface area (Å²) in [5.41, 5.74) is 0.797. The van der Waals surface area contributed by atoms with Crippen molar-refractivity contribution in [2.24, 2.45) is 5.41 Å². The van der Waals surface area contributed by atoms with Crippen LogP contribution in [-0.4, -0.2) is 43.2 Å². The standard InChI is InChI=1S/C22H35NO4/c1-7-25-18-13-16(14-19(26-8-2)20(18)27-9-3)21(24)23-12-10-11-17(23)15-22(4,5)6/h13-14,17H,7-12,15H2,1-6H3. The van der Waals surface area contributed by atoms with E-state index in [-0.39, 0.29) is 17.4 Å². The third kappa shape index (κ3) is 5.53. The number of hydrogen-bond acceptors (Lipinski definition) is 4. The number of carbonyl (C=O) groups excluding carboxylic acids is 1. The van der Waals surface area contributed by atoms with Crippen LogP contribution >= 0.6 is 0 Å². The van der Waals surface area contributed by atoms with E-state index in [1.54, 1.807) is 12.1 Å². The van der Waals surface area contributed by atoms with Crippen LogP contribution in [0.5, 0.6) is 17.2 Å². The van der Waals surface area contributed by atoms with Gasteiger partial charge in [0.25, 0.3) is 5.91 Å². The second kappa shape index (κ2) is 9.34. The van der Waals surface area contributed by atoms with Crippen molar-refractivity contribution >= 4 is 5.91 Å². The van der Waals surface area contributed by atoms with E-state index in [0.717, 1.165) is 25.8 Å². The molecule has 1 aromatic rings. The summed E-state index contributed by atoms with van der Waals surface area (Å²) in [5.74, 6) is 1.76. The van der Waals surface area contributed by atoms with Crippen LogP contribution in [0.1, 0.15) is 71.2 Å². The molecule has 0 radical (unpaired) electrons. The molecule has 0 spiro atoms. The van der Waals surface area contributed by atoms with Crippen LogP contribution in [0.4, 0.5) is 0 Å². The molecule has 1 aromatic carbocycles. The molecule has 27 heavy (non-hydrogen) atoms. The highest BCUT2D eigenvalue weighted by Crippen LogP contribution is 2.40. The molecule has 1 aliphatic rings. The number of likely N-dealkylation sites (tertiary alicyclic amines) is 1. The largest absolute Gasteiger partial charge is 0.490 e. The molecule has 1 unspecified atom stereocenters. The van der Waals surface area contributed by atoms with E-state index in [1.807, 2.05) is 25.7 Å². The molecule has 1 amide bonds. The minimum atomic E-state index is 0.0479. The number of carbonyl (C=O) groups is 1. The van der Waals surface area contributed by atoms with Gasteiger partial charge in [0.1, 0.15) is 0 Å². The van der Waals surface area contributed by atoms with Gasteiger partial charge in [-0.2, -0.15) is 0 Å². The zero-order chi connectivity index (χ0) is 20.0. The Morgan fingerprint density at radius 1 is 1.04 bits per heavy atom. The first-order chi connectivity index (χ1) is 12.8. The Morgan fingerprint density at radius 2 is 1.59 bits per heavy atom. The van der Waals surface area contributed by atoms with Gasteiger partial charge >= 0.3 is 0 Å². The predicted molar refractivity (Wildman–Crippen MR) is 108 cm³/mol. The molecule has 1 aliphatic heterocycles. The first-order valence-electron chi connectivity index (χ1n) is 10.2. The van der Waals surface area contributed by atoms with Crippen LogP contribution in [0.25, 0.3) is 0 Å². The van der Waals surface area contributed by atoms with Crippen molar-refractivity contribution in [2.45, 2.75) is 66.8 Å². The molecule has 1 saturated heterocycles. The number of amides is 1. The second-order valence-corrected chi connectivity index (χ2v) is 8.16. The summed E-state index contributed by atoms with van der Waals surface area (Å²) < 4.78 is 17.3. The van der Waals surface area contributed by atoms with E-state index in [1.165, 1.54) is 0 Å². The molecule has 5 heteroatoms. The lowest BCUT2D eigenvalue weighted by Gasteiger charge is -2.30. The lowest BCUT2D eigenvalue weighted by Crippen LogP contribution is -2.37. The van der Waals surface area contributed by atoms with Crippen LogP contribution in [0.2, 0.25) is 0 Å². The fourth-order valence-electron chi connectivity index (χ4n) is 3.70. The Morgan fingerprint density at radius 3 is 2.07 bits per heavy atom. The number of hydrogen-bond donors (Lipinski definition) is 0. The summed E-state index contributed by atoms with van der Waals surface area (Å²) in [6, 6.07) is 3.88. The maximum Gasteiger partial charge on any atom is 0.254 e. The molecule has 152 valence electrons. The topological polar surface area (TPSA) is 48.0 Å². The second-order valence-electron chi connectivity index (χ2n) is 8.16. The maximum absolute atomic E-state index is 13.3. The lowest BCUT2D eigenvalue weighted by molar-refractivity contribution is 0.0703. The number of benzene rings is 1. The van der Waals surface area contributed by atoms with E-state index < -0.39 is 0 Å². The van der Waals surface area contributed by atoms with Gasteiger partial charge in [-0.05, 0) is 57.6 Å². The number of nitrogens with zero attached hydrogens (tertiary/aromatic N) is 1. The van der Waals surface area contributed by atoms with Gasteiger partial charge in [0.05, 0.1) is 19.8 Å². The molecule has 0 saturated carbocycles. The molecular weight excluding hydrogens is 342 g/mol. The zero-order valence-electron chi connectivity index (χ0n) is 17.8. The fourth-order valence-corrected chi connectivity index (χ4v) is 3.70. The molecule has 0 bridgehead atoms. The summed E-state index contributed by atoms with van der Waals surface area (Å²) in [4.78, 5) is 15.3. The Labute approximate surface area is 164 Å². The van der Waals surface area contributed by atoms with Crippen LogP contribution in [0.3, 0.4) is 0 Å². The van der Waals surface area contributed by atoms with Crippen molar-refractivity contribution in [3.63, 3.8) is 0 Å². The molecule has 5 nitrogen and oxygen atoms in total. The lowest BCUT2D eigenvalue weighted by atomic mass is 9.87. The van der Waals surface area contributed by atoms with Gasteiger partial charge in [-0.3, -0.25) is 4.79 Å². The normalized spacial score (nSPS) is 17.1. The Hall–Kier alpha value is -1.91. The Bertz CT molecular complexity index is 609. The van der Waals surface area contributed by atoms with E-state index in [0.29, 0.717) is 42.6 Å². The molecule has 1 fully saturated rings. The average Bonchev–Trinajstić information content (AvgIpc) is 3.03. The maximum atomic E-state index is 13.3. The van der Waals surface area contributed by atoms with Gasteiger partial charge in [-0.15, -0.1) is 0 Å². The highest BCUT2D eigenvalue weighted by Gasteiger charge is 2.33. The van der Waals surface area contributed by atoms with E-state index in [2.05, 4.69) is 20.8 Å². The zero-order valence-corrected chi connectivity index (χ0v) is 17.8. The summed E-state index contributed by atoms with van der Waals surface area (Å²) in [6.07, 6.45) is 3.13. The van der Waals surface area contributed by atoms with Gasteiger partial charge in [0, 0.05) is 18.2 Å². The molecule has 2 rings (SSSR count). The van der Waals surface area contributed by atoms with Crippen LogP contribution in [-0.2, 0) is 0 Å². The van der Waals surface area contributed by atoms with Crippen LogP contribution in [0.15, 0.2) is 12.1 Å². The third-order valence-corrected chi connectivity index (χ3v) is 4.64. The van der Waals surface area contributed by atoms with E-state index in [9.17, 15) is 4.79 Å². The van der Waals surface area contributed by atoms with E-state index >= 15 is 0 Å². The highest BCUT2D eigenvalue weighted by molar-refractivity contribution is 5.96. The first kappa shape index (κ1) is 21.4. The van der Waals surface area contributed by atoms with Crippen molar-refractivity contribution in [3.05, 3.63) is 17.7 Å². The fraction of sp³-hybridized carbons (Fsp3) is 0.682. The first-order valence-corrected chi connectivity index (χ1v) is 10.2. The summed E-state index contributed by atoms with van der Waals surface area (Å²) >= 11 is 0. The van der Waals surface area contributed by atoms with Crippen molar-refractivity contribution in [1.82, 2.24) is 4.90 Å². The molecule has 0 aliphatic carbocycles. The SMILES string of the molecule is CCOc1cc(C(=O)N2CCCC2CC(C)(C)C)cc(OCC)c1OCC. The minimum Gasteiger partial charge on any atom is -0.490 e. The summed E-state index contributed by atoms with van der Waals surface area (Å²) in [6.45, 7) is 14.8. The molecule has 0 N–H and O–H groups in total. The quantitative estimate of drug-likeness (QED) is 0.645. The van der Waals surface area contributed by atoms with Gasteiger partial charge in [0.2, 0.25) is 5.75 Å². The molecule has 1 heterocycles. The molecule has 1 atom stereocenters. The van der Waals surface area contributed by atoms with Crippen molar-refractivity contribution in [1.29, 1.82) is 0 Å². The van der Waals surface area contributed by atoms with Crippen LogP contribution in [0, 0.1) is 5.41 Å². The minimum absolute atomic E-state index is 0.0479. The van der Waals surface area contributed by atoms with E-state index in [4.69, 9.17) is 14.2 Å². The Balaban J connectivity index is 2.36.